The van der Waals surface area contributed by atoms with Crippen LogP contribution in [0.15, 0.2) is 48.7 Å². The Morgan fingerprint density at radius 2 is 2.10 bits per heavy atom. The zero-order valence-corrected chi connectivity index (χ0v) is 10.7. The first-order chi connectivity index (χ1) is 10.1. The Hall–Kier alpha value is -3.22. The minimum absolute atomic E-state index is 0.0724. The lowest BCUT2D eigenvalue weighted by atomic mass is 10.1. The summed E-state index contributed by atoms with van der Waals surface area (Å²) in [4.78, 5) is 22.3. The number of rotatable bonds is 3. The van der Waals surface area contributed by atoms with Crippen LogP contribution in [0.5, 0.6) is 0 Å². The topological polar surface area (TPSA) is 101 Å². The molecular formula is C14H10N4O3. The number of nitrogens with one attached hydrogen (secondary N) is 2. The van der Waals surface area contributed by atoms with E-state index in [4.69, 9.17) is 0 Å². The van der Waals surface area contributed by atoms with E-state index >= 15 is 0 Å². The molecule has 3 aromatic rings. The van der Waals surface area contributed by atoms with Gasteiger partial charge in [-0.3, -0.25) is 20.0 Å². The molecule has 0 saturated carbocycles. The summed E-state index contributed by atoms with van der Waals surface area (Å²) in [7, 11) is 0. The monoisotopic (exact) mass is 282 g/mol. The second kappa shape index (κ2) is 5.04. The first-order valence-corrected chi connectivity index (χ1v) is 6.12. The lowest BCUT2D eigenvalue weighted by Crippen LogP contribution is -2.11. The Morgan fingerprint density at radius 1 is 1.24 bits per heavy atom. The van der Waals surface area contributed by atoms with Crippen LogP contribution in [0.1, 0.15) is 10.4 Å². The number of H-pyrrole nitrogens is 1. The van der Waals surface area contributed by atoms with Gasteiger partial charge in [-0.1, -0.05) is 12.1 Å². The molecule has 21 heavy (non-hydrogen) atoms. The van der Waals surface area contributed by atoms with E-state index in [1.807, 2.05) is 0 Å². The number of hydrogen-bond acceptors (Lipinski definition) is 4. The van der Waals surface area contributed by atoms with Crippen molar-refractivity contribution in [1.82, 2.24) is 10.2 Å². The van der Waals surface area contributed by atoms with Gasteiger partial charge >= 0.3 is 0 Å². The molecular weight excluding hydrogens is 272 g/mol. The summed E-state index contributed by atoms with van der Waals surface area (Å²) >= 11 is 0. The van der Waals surface area contributed by atoms with E-state index in [2.05, 4.69) is 15.5 Å². The number of nitro groups is 1. The first kappa shape index (κ1) is 12.8. The Bertz CT molecular complexity index is 841. The van der Waals surface area contributed by atoms with E-state index in [1.165, 1.54) is 18.2 Å². The van der Waals surface area contributed by atoms with E-state index in [0.717, 1.165) is 10.9 Å². The quantitative estimate of drug-likeness (QED) is 0.569. The number of aromatic amines is 1. The molecule has 0 aliphatic heterocycles. The van der Waals surface area contributed by atoms with Crippen molar-refractivity contribution in [2.24, 2.45) is 0 Å². The molecule has 0 aliphatic carbocycles. The Labute approximate surface area is 118 Å². The Balaban J connectivity index is 1.85. The van der Waals surface area contributed by atoms with Gasteiger partial charge in [0.1, 0.15) is 0 Å². The molecule has 1 aromatic heterocycles. The second-order valence-corrected chi connectivity index (χ2v) is 4.43. The fourth-order valence-electron chi connectivity index (χ4n) is 1.98. The summed E-state index contributed by atoms with van der Waals surface area (Å²) in [6, 6.07) is 10.9. The van der Waals surface area contributed by atoms with Gasteiger partial charge in [0.15, 0.2) is 0 Å². The number of nitro benzene ring substituents is 1. The number of amides is 1. The molecule has 2 aromatic carbocycles. The van der Waals surface area contributed by atoms with Gasteiger partial charge in [-0.2, -0.15) is 5.10 Å². The van der Waals surface area contributed by atoms with Gasteiger partial charge in [0.2, 0.25) is 0 Å². The van der Waals surface area contributed by atoms with Crippen LogP contribution in [0, 0.1) is 10.1 Å². The second-order valence-electron chi connectivity index (χ2n) is 4.43. The molecule has 0 bridgehead atoms. The third-order valence-corrected chi connectivity index (χ3v) is 3.02. The van der Waals surface area contributed by atoms with Gasteiger partial charge in [-0.25, -0.2) is 0 Å². The number of carbonyl (C=O) groups excluding carboxylic acids is 1. The van der Waals surface area contributed by atoms with Crippen molar-refractivity contribution in [3.63, 3.8) is 0 Å². The number of aromatic nitrogens is 2. The number of non-ortho nitro benzene ring substituents is 1. The summed E-state index contributed by atoms with van der Waals surface area (Å²) in [5.41, 5.74) is 1.50. The van der Waals surface area contributed by atoms with Crippen molar-refractivity contribution < 1.29 is 9.72 Å². The van der Waals surface area contributed by atoms with Crippen molar-refractivity contribution >= 4 is 28.2 Å². The molecule has 0 saturated heterocycles. The maximum absolute atomic E-state index is 12.1. The van der Waals surface area contributed by atoms with Crippen molar-refractivity contribution in [1.29, 1.82) is 0 Å². The predicted octanol–water partition coefficient (Wildman–Crippen LogP) is 2.72. The highest BCUT2D eigenvalue weighted by atomic mass is 16.6. The third-order valence-electron chi connectivity index (χ3n) is 3.02. The standard InChI is InChI=1S/C14H10N4O3/c19-14(9-4-5-10-8-15-17-13(10)6-9)16-11-2-1-3-12(7-11)18(20)21/h1-8H,(H,15,17)(H,16,19). The number of nitrogens with zero attached hydrogens (tertiary/aromatic N) is 2. The van der Waals surface area contributed by atoms with E-state index in [0.29, 0.717) is 11.3 Å². The van der Waals surface area contributed by atoms with Crippen LogP contribution >= 0.6 is 0 Å². The van der Waals surface area contributed by atoms with E-state index in [1.54, 1.807) is 30.5 Å². The van der Waals surface area contributed by atoms with Crippen LogP contribution in [0.3, 0.4) is 0 Å². The molecule has 7 nitrogen and oxygen atoms in total. The highest BCUT2D eigenvalue weighted by Crippen LogP contribution is 2.19. The van der Waals surface area contributed by atoms with Crippen molar-refractivity contribution in [3.8, 4) is 0 Å². The number of benzene rings is 2. The van der Waals surface area contributed by atoms with Crippen molar-refractivity contribution in [2.75, 3.05) is 5.32 Å². The minimum Gasteiger partial charge on any atom is -0.322 e. The minimum atomic E-state index is -0.508. The summed E-state index contributed by atoms with van der Waals surface area (Å²) in [6.45, 7) is 0. The predicted molar refractivity (Wildman–Crippen MR) is 77.1 cm³/mol. The van der Waals surface area contributed by atoms with E-state index < -0.39 is 4.92 Å². The molecule has 0 fully saturated rings. The van der Waals surface area contributed by atoms with E-state index in [-0.39, 0.29) is 11.6 Å². The Kier molecular flexibility index (Phi) is 3.07. The van der Waals surface area contributed by atoms with Crippen LogP contribution in [0.2, 0.25) is 0 Å². The van der Waals surface area contributed by atoms with Gasteiger partial charge in [-0.05, 0) is 18.2 Å². The van der Waals surface area contributed by atoms with Crippen molar-refractivity contribution in [2.45, 2.75) is 0 Å². The SMILES string of the molecule is O=C(Nc1cccc([N+](=O)[O-])c1)c1ccc2cn[nH]c2c1. The van der Waals surface area contributed by atoms with Crippen LogP contribution in [0.4, 0.5) is 11.4 Å². The summed E-state index contributed by atoms with van der Waals surface area (Å²) in [6.07, 6.45) is 1.66. The molecule has 0 spiro atoms. The average Bonchev–Trinajstić information content (AvgIpc) is 2.94. The summed E-state index contributed by atoms with van der Waals surface area (Å²) in [5.74, 6) is -0.341. The third kappa shape index (κ3) is 2.57. The molecule has 1 amide bonds. The number of hydrogen-bond donors (Lipinski definition) is 2. The highest BCUT2D eigenvalue weighted by Gasteiger charge is 2.10. The largest absolute Gasteiger partial charge is 0.322 e. The molecule has 3 rings (SSSR count). The van der Waals surface area contributed by atoms with Crippen LogP contribution in [-0.2, 0) is 0 Å². The zero-order chi connectivity index (χ0) is 14.8. The molecule has 1 heterocycles. The average molecular weight is 282 g/mol. The molecule has 0 aliphatic rings. The van der Waals surface area contributed by atoms with Gasteiger partial charge in [0, 0.05) is 28.8 Å². The van der Waals surface area contributed by atoms with Gasteiger partial charge in [0.25, 0.3) is 11.6 Å². The molecule has 7 heteroatoms. The first-order valence-electron chi connectivity index (χ1n) is 6.12. The molecule has 0 unspecified atom stereocenters. The van der Waals surface area contributed by atoms with Gasteiger partial charge in [0.05, 0.1) is 16.6 Å². The molecule has 0 radical (unpaired) electrons. The number of fused-ring (bicyclic) bond motifs is 1. The molecule has 0 atom stereocenters. The highest BCUT2D eigenvalue weighted by molar-refractivity contribution is 6.06. The lowest BCUT2D eigenvalue weighted by molar-refractivity contribution is -0.384. The van der Waals surface area contributed by atoms with Gasteiger partial charge < -0.3 is 5.32 Å². The zero-order valence-electron chi connectivity index (χ0n) is 10.7. The summed E-state index contributed by atoms with van der Waals surface area (Å²) in [5, 5.41) is 20.9. The molecule has 104 valence electrons. The van der Waals surface area contributed by atoms with Gasteiger partial charge in [-0.15, -0.1) is 0 Å². The lowest BCUT2D eigenvalue weighted by Gasteiger charge is -2.05. The number of anilines is 1. The summed E-state index contributed by atoms with van der Waals surface area (Å²) < 4.78 is 0. The van der Waals surface area contributed by atoms with Crippen LogP contribution < -0.4 is 5.32 Å². The van der Waals surface area contributed by atoms with E-state index in [9.17, 15) is 14.9 Å². The van der Waals surface area contributed by atoms with Crippen LogP contribution in [0.25, 0.3) is 10.9 Å². The maximum atomic E-state index is 12.1. The normalized spacial score (nSPS) is 10.5. The number of carbonyl (C=O) groups is 1. The Morgan fingerprint density at radius 3 is 2.90 bits per heavy atom. The fourth-order valence-corrected chi connectivity index (χ4v) is 1.98. The maximum Gasteiger partial charge on any atom is 0.271 e. The fraction of sp³-hybridized carbons (Fsp3) is 0. The van der Waals surface area contributed by atoms with Crippen molar-refractivity contribution in [3.05, 3.63) is 64.3 Å². The smallest absolute Gasteiger partial charge is 0.271 e. The van der Waals surface area contributed by atoms with Crippen LogP contribution in [-0.4, -0.2) is 21.0 Å². The molecule has 2 N–H and O–H groups in total.